The molecule has 0 atom stereocenters. The van der Waals surface area contributed by atoms with E-state index < -0.39 is 15.9 Å². The molecule has 0 spiro atoms. The van der Waals surface area contributed by atoms with Gasteiger partial charge in [0.05, 0.1) is 36.9 Å². The zero-order chi connectivity index (χ0) is 22.1. The molecule has 1 aliphatic carbocycles. The molecule has 30 heavy (non-hydrogen) atoms. The Hall–Kier alpha value is -2.20. The summed E-state index contributed by atoms with van der Waals surface area (Å²) in [7, 11) is 0.476. The van der Waals surface area contributed by atoms with Gasteiger partial charge in [0.25, 0.3) is 5.91 Å². The third-order valence-electron chi connectivity index (χ3n) is 4.38. The smallest absolute Gasteiger partial charge is 0.257 e. The summed E-state index contributed by atoms with van der Waals surface area (Å²) < 4.78 is 43.5. The Bertz CT molecular complexity index is 1060. The number of anilines is 1. The number of carbonyl (C=O) groups excluding carboxylic acids is 1. The van der Waals surface area contributed by atoms with Gasteiger partial charge in [-0.25, -0.2) is 13.1 Å². The second-order valence-corrected chi connectivity index (χ2v) is 9.02. The van der Waals surface area contributed by atoms with Crippen LogP contribution in [0.15, 0.2) is 29.2 Å². The number of benzene rings is 2. The van der Waals surface area contributed by atoms with Crippen LogP contribution in [0.1, 0.15) is 23.2 Å². The summed E-state index contributed by atoms with van der Waals surface area (Å²) in [5, 5.41) is 2.59. The molecule has 0 radical (unpaired) electrons. The first-order valence-corrected chi connectivity index (χ1v) is 11.1. The summed E-state index contributed by atoms with van der Waals surface area (Å²) >= 11 is 12.3. The highest BCUT2D eigenvalue weighted by Crippen LogP contribution is 2.40. The zero-order valence-corrected chi connectivity index (χ0v) is 18.7. The van der Waals surface area contributed by atoms with E-state index >= 15 is 0 Å². The van der Waals surface area contributed by atoms with Crippen LogP contribution in [0, 0.1) is 0 Å². The first-order valence-electron chi connectivity index (χ1n) is 8.83. The van der Waals surface area contributed by atoms with Crippen molar-refractivity contribution in [1.29, 1.82) is 0 Å². The molecule has 8 nitrogen and oxygen atoms in total. The van der Waals surface area contributed by atoms with Crippen molar-refractivity contribution in [3.8, 4) is 17.2 Å². The van der Waals surface area contributed by atoms with E-state index in [0.717, 1.165) is 18.9 Å². The van der Waals surface area contributed by atoms with Crippen LogP contribution in [0.2, 0.25) is 10.0 Å². The molecule has 0 heterocycles. The fraction of sp³-hybridized carbons (Fsp3) is 0.316. The van der Waals surface area contributed by atoms with Crippen LogP contribution >= 0.6 is 23.2 Å². The van der Waals surface area contributed by atoms with Gasteiger partial charge in [-0.1, -0.05) is 23.2 Å². The molecular weight excluding hydrogens is 455 g/mol. The highest BCUT2D eigenvalue weighted by molar-refractivity contribution is 7.89. The Balaban J connectivity index is 1.95. The average Bonchev–Trinajstić information content (AvgIpc) is 3.49. The fourth-order valence-electron chi connectivity index (χ4n) is 2.74. The summed E-state index contributed by atoms with van der Waals surface area (Å²) in [6.07, 6.45) is 1.53. The van der Waals surface area contributed by atoms with Crippen LogP contribution in [0.4, 0.5) is 5.69 Å². The molecule has 0 unspecified atom stereocenters. The van der Waals surface area contributed by atoms with E-state index in [9.17, 15) is 13.2 Å². The minimum Gasteiger partial charge on any atom is -0.493 e. The molecule has 1 fully saturated rings. The Morgan fingerprint density at radius 1 is 0.967 bits per heavy atom. The molecule has 2 aromatic rings. The van der Waals surface area contributed by atoms with E-state index in [1.807, 2.05) is 0 Å². The Kier molecular flexibility index (Phi) is 6.66. The topological polar surface area (TPSA) is 103 Å². The molecule has 3 rings (SSSR count). The fourth-order valence-corrected chi connectivity index (χ4v) is 4.91. The number of amides is 1. The van der Waals surface area contributed by atoms with Crippen molar-refractivity contribution in [2.45, 2.75) is 23.8 Å². The third kappa shape index (κ3) is 4.75. The van der Waals surface area contributed by atoms with Crippen molar-refractivity contribution in [2.75, 3.05) is 26.6 Å². The molecule has 11 heteroatoms. The normalized spacial score (nSPS) is 13.6. The Labute approximate surface area is 184 Å². The number of hydrogen-bond acceptors (Lipinski definition) is 6. The summed E-state index contributed by atoms with van der Waals surface area (Å²) in [6.45, 7) is 0. The molecule has 1 amide bonds. The maximum atomic E-state index is 12.8. The number of halogens is 2. The molecule has 0 saturated heterocycles. The third-order valence-corrected chi connectivity index (χ3v) is 6.68. The zero-order valence-electron chi connectivity index (χ0n) is 16.4. The Morgan fingerprint density at radius 2 is 1.57 bits per heavy atom. The Morgan fingerprint density at radius 3 is 2.07 bits per heavy atom. The van der Waals surface area contributed by atoms with Crippen LogP contribution in [0.3, 0.4) is 0 Å². The van der Waals surface area contributed by atoms with Gasteiger partial charge in [0, 0.05) is 23.9 Å². The van der Waals surface area contributed by atoms with Crippen LogP contribution in [-0.2, 0) is 10.0 Å². The minimum atomic E-state index is -3.88. The highest BCUT2D eigenvalue weighted by atomic mass is 35.5. The van der Waals surface area contributed by atoms with E-state index in [1.165, 1.54) is 39.5 Å². The van der Waals surface area contributed by atoms with Crippen molar-refractivity contribution in [3.63, 3.8) is 0 Å². The van der Waals surface area contributed by atoms with Gasteiger partial charge in [-0.3, -0.25) is 4.79 Å². The van der Waals surface area contributed by atoms with Gasteiger partial charge in [0.2, 0.25) is 15.8 Å². The number of ether oxygens (including phenoxy) is 3. The largest absolute Gasteiger partial charge is 0.493 e. The SMILES string of the molecule is COc1cc(NC(=O)c2cc(S(=O)(=O)NC3CC3)c(Cl)cc2Cl)cc(OC)c1OC. The summed E-state index contributed by atoms with van der Waals surface area (Å²) in [4.78, 5) is 12.6. The number of rotatable bonds is 8. The first kappa shape index (κ1) is 22.5. The first-order chi connectivity index (χ1) is 14.2. The van der Waals surface area contributed by atoms with Gasteiger partial charge in [-0.05, 0) is 25.0 Å². The summed E-state index contributed by atoms with van der Waals surface area (Å²) in [5.74, 6) is 0.411. The van der Waals surface area contributed by atoms with Gasteiger partial charge in [0.15, 0.2) is 11.5 Å². The standard InChI is InChI=1S/C19H20Cl2N2O6S/c1-27-15-6-11(7-16(28-2)18(15)29-3)22-19(24)12-8-17(14(21)9-13(12)20)30(25,26)23-10-4-5-10/h6-10,23H,4-5H2,1-3H3,(H,22,24). The minimum absolute atomic E-state index is 0.00955. The van der Waals surface area contributed by atoms with E-state index in [4.69, 9.17) is 37.4 Å². The van der Waals surface area contributed by atoms with Crippen molar-refractivity contribution in [2.24, 2.45) is 0 Å². The number of hydrogen-bond donors (Lipinski definition) is 2. The highest BCUT2D eigenvalue weighted by Gasteiger charge is 2.30. The van der Waals surface area contributed by atoms with Crippen molar-refractivity contribution in [3.05, 3.63) is 39.9 Å². The molecule has 0 bridgehead atoms. The average molecular weight is 475 g/mol. The molecule has 1 saturated carbocycles. The quantitative estimate of drug-likeness (QED) is 0.604. The van der Waals surface area contributed by atoms with Gasteiger partial charge < -0.3 is 19.5 Å². The van der Waals surface area contributed by atoms with Crippen LogP contribution in [0.5, 0.6) is 17.2 Å². The lowest BCUT2D eigenvalue weighted by Gasteiger charge is -2.15. The van der Waals surface area contributed by atoms with Crippen LogP contribution < -0.4 is 24.2 Å². The van der Waals surface area contributed by atoms with Crippen LogP contribution in [-0.4, -0.2) is 41.7 Å². The van der Waals surface area contributed by atoms with Crippen molar-refractivity contribution in [1.82, 2.24) is 4.72 Å². The molecule has 0 aromatic heterocycles. The number of nitrogens with one attached hydrogen (secondary N) is 2. The lowest BCUT2D eigenvalue weighted by molar-refractivity contribution is 0.102. The van der Waals surface area contributed by atoms with Gasteiger partial charge in [-0.15, -0.1) is 0 Å². The van der Waals surface area contributed by atoms with E-state index in [2.05, 4.69) is 10.0 Å². The van der Waals surface area contributed by atoms with Crippen molar-refractivity contribution < 1.29 is 27.4 Å². The predicted octanol–water partition coefficient (Wildman–Crippen LogP) is 3.71. The van der Waals surface area contributed by atoms with E-state index in [1.54, 1.807) is 0 Å². The molecule has 162 valence electrons. The predicted molar refractivity (Wildman–Crippen MR) is 114 cm³/mol. The van der Waals surface area contributed by atoms with Crippen LogP contribution in [0.25, 0.3) is 0 Å². The second-order valence-electron chi connectivity index (χ2n) is 6.53. The number of sulfonamides is 1. The monoisotopic (exact) mass is 474 g/mol. The maximum absolute atomic E-state index is 12.8. The van der Waals surface area contributed by atoms with Gasteiger partial charge in [0.1, 0.15) is 4.90 Å². The van der Waals surface area contributed by atoms with Gasteiger partial charge in [-0.2, -0.15) is 0 Å². The lowest BCUT2D eigenvalue weighted by Crippen LogP contribution is -2.26. The number of methoxy groups -OCH3 is 3. The maximum Gasteiger partial charge on any atom is 0.257 e. The second kappa shape index (κ2) is 8.89. The van der Waals surface area contributed by atoms with Gasteiger partial charge >= 0.3 is 0 Å². The lowest BCUT2D eigenvalue weighted by atomic mass is 10.2. The molecule has 1 aliphatic rings. The number of carbonyl (C=O) groups is 1. The molecular formula is C19H20Cl2N2O6S. The van der Waals surface area contributed by atoms with Crippen molar-refractivity contribution >= 4 is 44.8 Å². The summed E-state index contributed by atoms with van der Waals surface area (Å²) in [6, 6.07) is 5.35. The molecule has 0 aliphatic heterocycles. The van der Waals surface area contributed by atoms with E-state index in [-0.39, 0.29) is 26.5 Å². The van der Waals surface area contributed by atoms with E-state index in [0.29, 0.717) is 22.9 Å². The molecule has 2 N–H and O–H groups in total. The molecule has 2 aromatic carbocycles. The summed E-state index contributed by atoms with van der Waals surface area (Å²) in [5.41, 5.74) is 0.284.